The number of thioether (sulfide) groups is 1. The Morgan fingerprint density at radius 3 is 3.20 bits per heavy atom. The van der Waals surface area contributed by atoms with Crippen LogP contribution in [0.4, 0.5) is 0 Å². The lowest BCUT2D eigenvalue weighted by Crippen LogP contribution is -2.22. The van der Waals surface area contributed by atoms with Crippen LogP contribution in [0.25, 0.3) is 0 Å². The molecule has 6 heteroatoms. The largest absolute Gasteiger partial charge is 0.369 e. The molecule has 1 aromatic heterocycles. The molecule has 2 rings (SSSR count). The highest BCUT2D eigenvalue weighted by Crippen LogP contribution is 2.22. The number of rotatable bonds is 1. The van der Waals surface area contributed by atoms with Crippen molar-refractivity contribution >= 4 is 11.8 Å². The number of aromatic amines is 1. The quantitative estimate of drug-likeness (QED) is 0.747. The van der Waals surface area contributed by atoms with E-state index in [9.17, 15) is 4.79 Å². The molecule has 0 bridgehead atoms. The number of nitrogens with one attached hydrogen (secondary N) is 1. The molecule has 1 atom stereocenters. The summed E-state index contributed by atoms with van der Waals surface area (Å²) in [6.45, 7) is 0.666. The van der Waals surface area contributed by atoms with Crippen LogP contribution in [-0.4, -0.2) is 28.1 Å². The summed E-state index contributed by atoms with van der Waals surface area (Å²) in [6.07, 6.45) is 1.13. The third-order valence-electron chi connectivity index (χ3n) is 2.06. The Bertz CT molecular complexity index is 445. The van der Waals surface area contributed by atoms with Gasteiger partial charge in [0.2, 0.25) is 0 Å². The van der Waals surface area contributed by atoms with Crippen molar-refractivity contribution in [2.75, 3.05) is 18.1 Å². The maximum absolute atomic E-state index is 11.3. The lowest BCUT2D eigenvalue weighted by Gasteiger charge is -2.20. The first-order valence-electron chi connectivity index (χ1n) is 4.50. The molecule has 0 amide bonds. The van der Waals surface area contributed by atoms with Crippen LogP contribution in [-0.2, 0) is 4.74 Å². The summed E-state index contributed by atoms with van der Waals surface area (Å²) in [7, 11) is 0. The molecule has 1 saturated heterocycles. The second-order valence-electron chi connectivity index (χ2n) is 3.06. The highest BCUT2D eigenvalue weighted by atomic mass is 32.2. The first-order valence-corrected chi connectivity index (χ1v) is 5.65. The normalized spacial score (nSPS) is 20.9. The molecule has 0 aliphatic carbocycles. The van der Waals surface area contributed by atoms with Crippen LogP contribution in [0.1, 0.15) is 17.5 Å². The number of hydrogen-bond acceptors (Lipinski definition) is 5. The van der Waals surface area contributed by atoms with E-state index in [0.29, 0.717) is 12.4 Å². The molecule has 0 saturated carbocycles. The first-order chi connectivity index (χ1) is 7.31. The lowest BCUT2D eigenvalue weighted by molar-refractivity contribution is 0.0692. The zero-order chi connectivity index (χ0) is 10.7. The number of nitrogens with zero attached hydrogens (tertiary/aromatic N) is 2. The van der Waals surface area contributed by atoms with E-state index in [1.165, 1.54) is 6.20 Å². The monoisotopic (exact) mass is 223 g/mol. The molecule has 1 aliphatic rings. The Kier molecular flexibility index (Phi) is 3.04. The summed E-state index contributed by atoms with van der Waals surface area (Å²) in [5.74, 6) is 2.26. The molecule has 0 spiro atoms. The average Bonchev–Trinajstić information content (AvgIpc) is 2.30. The number of aromatic nitrogens is 2. The van der Waals surface area contributed by atoms with Crippen molar-refractivity contribution in [3.8, 4) is 6.07 Å². The second-order valence-corrected chi connectivity index (χ2v) is 4.21. The van der Waals surface area contributed by atoms with Crippen LogP contribution < -0.4 is 5.56 Å². The highest BCUT2D eigenvalue weighted by molar-refractivity contribution is 7.99. The minimum Gasteiger partial charge on any atom is -0.369 e. The van der Waals surface area contributed by atoms with E-state index in [0.717, 1.165) is 11.5 Å². The summed E-state index contributed by atoms with van der Waals surface area (Å²) in [6, 6.07) is 1.77. The fourth-order valence-electron chi connectivity index (χ4n) is 1.30. The van der Waals surface area contributed by atoms with Gasteiger partial charge < -0.3 is 9.72 Å². The van der Waals surface area contributed by atoms with Gasteiger partial charge in [0.25, 0.3) is 5.56 Å². The summed E-state index contributed by atoms with van der Waals surface area (Å²) in [4.78, 5) is 17.9. The molecular formula is C9H9N3O2S. The Hall–Kier alpha value is -1.32. The molecule has 2 heterocycles. The van der Waals surface area contributed by atoms with Gasteiger partial charge in [-0.3, -0.25) is 4.79 Å². The Morgan fingerprint density at radius 2 is 2.60 bits per heavy atom. The zero-order valence-electron chi connectivity index (χ0n) is 7.90. The molecule has 1 aliphatic heterocycles. The number of ether oxygens (including phenoxy) is 1. The van der Waals surface area contributed by atoms with Crippen LogP contribution in [0, 0.1) is 11.3 Å². The highest BCUT2D eigenvalue weighted by Gasteiger charge is 2.18. The van der Waals surface area contributed by atoms with Crippen LogP contribution in [0.2, 0.25) is 0 Å². The van der Waals surface area contributed by atoms with Gasteiger partial charge in [0, 0.05) is 11.5 Å². The molecule has 0 radical (unpaired) electrons. The molecule has 0 aromatic carbocycles. The molecule has 1 fully saturated rings. The first kappa shape index (κ1) is 10.2. The summed E-state index contributed by atoms with van der Waals surface area (Å²) in [5, 5.41) is 8.57. The average molecular weight is 223 g/mol. The van der Waals surface area contributed by atoms with Crippen LogP contribution in [0.3, 0.4) is 0 Å². The van der Waals surface area contributed by atoms with E-state index in [1.807, 2.05) is 0 Å². The van der Waals surface area contributed by atoms with Gasteiger partial charge in [-0.15, -0.1) is 0 Å². The van der Waals surface area contributed by atoms with E-state index in [4.69, 9.17) is 10.00 Å². The molecule has 1 unspecified atom stereocenters. The fourth-order valence-corrected chi connectivity index (χ4v) is 2.15. The van der Waals surface area contributed by atoms with Gasteiger partial charge in [-0.2, -0.15) is 17.0 Å². The van der Waals surface area contributed by atoms with Gasteiger partial charge >= 0.3 is 0 Å². The van der Waals surface area contributed by atoms with Gasteiger partial charge in [0.05, 0.1) is 12.8 Å². The standard InChI is InChI=1S/C9H9N3O2S/c10-3-6-4-11-8(12-9(6)13)7-5-15-2-1-14-7/h4,7H,1-2,5H2,(H,11,12,13). The SMILES string of the molecule is N#Cc1cnc(C2CSCCO2)[nH]c1=O. The smallest absolute Gasteiger partial charge is 0.268 e. The zero-order valence-corrected chi connectivity index (χ0v) is 8.71. The van der Waals surface area contributed by atoms with Crippen LogP contribution in [0.15, 0.2) is 11.0 Å². The van der Waals surface area contributed by atoms with Gasteiger partial charge in [-0.1, -0.05) is 0 Å². The van der Waals surface area contributed by atoms with Gasteiger partial charge in [-0.05, 0) is 0 Å². The Labute approximate surface area is 90.5 Å². The summed E-state index contributed by atoms with van der Waals surface area (Å²) in [5.41, 5.74) is -0.371. The van der Waals surface area contributed by atoms with E-state index in [1.54, 1.807) is 17.8 Å². The van der Waals surface area contributed by atoms with Crippen molar-refractivity contribution in [1.29, 1.82) is 5.26 Å². The number of hydrogen-bond donors (Lipinski definition) is 1. The van der Waals surface area contributed by atoms with Gasteiger partial charge in [0.1, 0.15) is 23.6 Å². The third-order valence-corrected chi connectivity index (χ3v) is 3.05. The molecule has 15 heavy (non-hydrogen) atoms. The minimum atomic E-state index is -0.401. The van der Waals surface area contributed by atoms with Crippen molar-refractivity contribution in [1.82, 2.24) is 9.97 Å². The van der Waals surface area contributed by atoms with Crippen molar-refractivity contribution in [2.24, 2.45) is 0 Å². The predicted octanol–water partition coefficient (Wildman–Crippen LogP) is 0.446. The topological polar surface area (TPSA) is 78.8 Å². The molecule has 78 valence electrons. The number of nitriles is 1. The van der Waals surface area contributed by atoms with E-state index in [2.05, 4.69) is 9.97 Å². The number of H-pyrrole nitrogens is 1. The molecule has 1 aromatic rings. The van der Waals surface area contributed by atoms with Gasteiger partial charge in [-0.25, -0.2) is 4.98 Å². The van der Waals surface area contributed by atoms with E-state index >= 15 is 0 Å². The third kappa shape index (κ3) is 2.19. The van der Waals surface area contributed by atoms with Crippen molar-refractivity contribution in [3.05, 3.63) is 27.9 Å². The van der Waals surface area contributed by atoms with E-state index < -0.39 is 5.56 Å². The minimum absolute atomic E-state index is 0.0298. The van der Waals surface area contributed by atoms with Gasteiger partial charge in [0.15, 0.2) is 0 Å². The summed E-state index contributed by atoms with van der Waals surface area (Å²) >= 11 is 1.76. The van der Waals surface area contributed by atoms with Crippen LogP contribution in [0.5, 0.6) is 0 Å². The summed E-state index contributed by atoms with van der Waals surface area (Å²) < 4.78 is 5.46. The van der Waals surface area contributed by atoms with Crippen molar-refractivity contribution in [3.63, 3.8) is 0 Å². The molecular weight excluding hydrogens is 214 g/mol. The van der Waals surface area contributed by atoms with E-state index in [-0.39, 0.29) is 11.7 Å². The molecule has 5 nitrogen and oxygen atoms in total. The Morgan fingerprint density at radius 1 is 1.73 bits per heavy atom. The van der Waals surface area contributed by atoms with Crippen molar-refractivity contribution in [2.45, 2.75) is 6.10 Å². The fraction of sp³-hybridized carbons (Fsp3) is 0.444. The van der Waals surface area contributed by atoms with Crippen molar-refractivity contribution < 1.29 is 4.74 Å². The molecule has 1 N–H and O–H groups in total. The van der Waals surface area contributed by atoms with Crippen LogP contribution >= 0.6 is 11.8 Å². The second kappa shape index (κ2) is 4.47. The maximum Gasteiger partial charge on any atom is 0.268 e. The maximum atomic E-state index is 11.3. The predicted molar refractivity (Wildman–Crippen MR) is 55.6 cm³/mol. The lowest BCUT2D eigenvalue weighted by atomic mass is 10.3. The Balaban J connectivity index is 2.26.